The lowest BCUT2D eigenvalue weighted by Gasteiger charge is -2.25. The summed E-state index contributed by atoms with van der Waals surface area (Å²) in [4.78, 5) is 10.9. The Labute approximate surface area is 390 Å². The normalized spacial score (nSPS) is 14.0. The molecule has 318 valence electrons. The Kier molecular flexibility index (Phi) is 7.76. The van der Waals surface area contributed by atoms with Gasteiger partial charge in [0.05, 0.1) is 50.2 Å². The minimum absolute atomic E-state index is 0.278. The van der Waals surface area contributed by atoms with E-state index in [-0.39, 0.29) is 5.92 Å². The summed E-state index contributed by atoms with van der Waals surface area (Å²) in [7, 11) is 0. The van der Waals surface area contributed by atoms with E-state index >= 15 is 0 Å². The van der Waals surface area contributed by atoms with Crippen molar-refractivity contribution in [1.29, 1.82) is 0 Å². The zero-order chi connectivity index (χ0) is 44.6. The highest BCUT2D eigenvalue weighted by Gasteiger charge is 2.26. The van der Waals surface area contributed by atoms with Gasteiger partial charge in [-0.2, -0.15) is 0 Å². The lowest BCUT2D eigenvalue weighted by molar-refractivity contribution is 0.669. The van der Waals surface area contributed by atoms with Crippen LogP contribution in [0.3, 0.4) is 0 Å². The van der Waals surface area contributed by atoms with Crippen molar-refractivity contribution in [3.8, 4) is 33.9 Å². The Morgan fingerprint density at radius 3 is 1.78 bits per heavy atom. The van der Waals surface area contributed by atoms with Gasteiger partial charge in [0.1, 0.15) is 11.2 Å². The van der Waals surface area contributed by atoms with Crippen molar-refractivity contribution in [3.63, 3.8) is 0 Å². The molecule has 5 heteroatoms. The molecule has 1 aliphatic rings. The summed E-state index contributed by atoms with van der Waals surface area (Å²) in [6.45, 7) is 2.37. The molecule has 0 N–H and O–H groups in total. The summed E-state index contributed by atoms with van der Waals surface area (Å²) in [5, 5.41) is 12.0. The maximum absolute atomic E-state index is 6.30. The number of rotatable bonds is 4. The molecule has 68 heavy (non-hydrogen) atoms. The van der Waals surface area contributed by atoms with Gasteiger partial charge in [0.2, 0.25) is 0 Å². The Balaban J connectivity index is 1.04. The van der Waals surface area contributed by atoms with Gasteiger partial charge in [0.15, 0.2) is 0 Å². The highest BCUT2D eigenvalue weighted by Crippen LogP contribution is 2.45. The topological polar surface area (TPSA) is 48.8 Å². The molecule has 0 saturated heterocycles. The maximum atomic E-state index is 6.30. The van der Waals surface area contributed by atoms with Crippen LogP contribution in [-0.4, -0.2) is 19.1 Å². The predicted molar refractivity (Wildman–Crippen MR) is 283 cm³/mol. The molecule has 1 aliphatic carbocycles. The Morgan fingerprint density at radius 2 is 1.03 bits per heavy atom. The first-order valence-electron chi connectivity index (χ1n) is 23.5. The van der Waals surface area contributed by atoms with Crippen LogP contribution in [0.5, 0.6) is 0 Å². The summed E-state index contributed by atoms with van der Waals surface area (Å²) in [5.41, 5.74) is 16.7. The number of nitrogens with zero attached hydrogens (tertiary/aromatic N) is 4. The monoisotopic (exact) mass is 868 g/mol. The third-order valence-corrected chi connectivity index (χ3v) is 14.6. The van der Waals surface area contributed by atoms with Crippen LogP contribution in [0.1, 0.15) is 30.4 Å². The van der Waals surface area contributed by atoms with Gasteiger partial charge in [-0.3, -0.25) is 0 Å². The number of fused-ring (bicyclic) bond motifs is 13. The van der Waals surface area contributed by atoms with Gasteiger partial charge in [-0.1, -0.05) is 122 Å². The fourth-order valence-electron chi connectivity index (χ4n) is 11.5. The molecule has 0 amide bonds. The van der Waals surface area contributed by atoms with E-state index < -0.39 is 0 Å². The van der Waals surface area contributed by atoms with Crippen molar-refractivity contribution in [2.75, 3.05) is 0 Å². The van der Waals surface area contributed by atoms with Crippen molar-refractivity contribution < 1.29 is 4.42 Å². The number of para-hydroxylation sites is 4. The molecule has 0 fully saturated rings. The highest BCUT2D eigenvalue weighted by molar-refractivity contribution is 6.16. The van der Waals surface area contributed by atoms with Crippen LogP contribution in [0.25, 0.3) is 138 Å². The number of aromatic nitrogens is 4. The molecule has 0 aliphatic heterocycles. The van der Waals surface area contributed by atoms with Crippen LogP contribution < -0.4 is 0 Å². The van der Waals surface area contributed by atoms with Crippen molar-refractivity contribution in [1.82, 2.24) is 19.1 Å². The van der Waals surface area contributed by atoms with E-state index in [2.05, 4.69) is 198 Å². The molecule has 5 nitrogen and oxygen atoms in total. The largest absolute Gasteiger partial charge is 0.456 e. The van der Waals surface area contributed by atoms with E-state index in [1.165, 1.54) is 70.8 Å². The van der Waals surface area contributed by atoms with Crippen molar-refractivity contribution in [3.05, 3.63) is 211 Å². The fourth-order valence-corrected chi connectivity index (χ4v) is 11.5. The summed E-state index contributed by atoms with van der Waals surface area (Å²) in [6.07, 6.45) is 5.60. The Hall–Kier alpha value is -8.80. The fraction of sp³-hybridized carbons (Fsp3) is 0.0476. The van der Waals surface area contributed by atoms with Gasteiger partial charge in [-0.05, 0) is 136 Å². The second kappa shape index (κ2) is 14.1. The van der Waals surface area contributed by atoms with E-state index in [4.69, 9.17) is 14.4 Å². The Bertz CT molecular complexity index is 4510. The first-order valence-corrected chi connectivity index (χ1v) is 23.5. The van der Waals surface area contributed by atoms with Gasteiger partial charge < -0.3 is 13.6 Å². The summed E-state index contributed by atoms with van der Waals surface area (Å²) in [6, 6.07) is 70.5. The molecule has 15 rings (SSSR count). The first-order chi connectivity index (χ1) is 33.6. The Morgan fingerprint density at radius 1 is 0.441 bits per heavy atom. The molecule has 1 unspecified atom stereocenters. The van der Waals surface area contributed by atoms with Gasteiger partial charge in [-0.25, -0.2) is 9.97 Å². The minimum Gasteiger partial charge on any atom is -0.456 e. The number of allylic oxidation sites excluding steroid dienone is 1. The predicted octanol–water partition coefficient (Wildman–Crippen LogP) is 16.9. The number of hydrogen-bond donors (Lipinski definition) is 0. The van der Waals surface area contributed by atoms with Crippen molar-refractivity contribution >= 4 is 104 Å². The molecule has 1 atom stereocenters. The molecule has 0 spiro atoms. The van der Waals surface area contributed by atoms with E-state index in [1.54, 1.807) is 0 Å². The summed E-state index contributed by atoms with van der Waals surface area (Å²) >= 11 is 0. The molecule has 4 aromatic heterocycles. The minimum atomic E-state index is 0.278. The number of benzene rings is 10. The molecule has 4 heterocycles. The maximum Gasteiger partial charge on any atom is 0.135 e. The number of hydrogen-bond acceptors (Lipinski definition) is 3. The zero-order valence-electron chi connectivity index (χ0n) is 37.1. The van der Waals surface area contributed by atoms with Crippen molar-refractivity contribution in [2.24, 2.45) is 0 Å². The molecule has 14 aromatic rings. The number of furan rings is 1. The highest BCUT2D eigenvalue weighted by atomic mass is 16.3. The molecular weight excluding hydrogens is 829 g/mol. The van der Waals surface area contributed by atoms with Crippen LogP contribution >= 0.6 is 0 Å². The molecule has 0 radical (unpaired) electrons. The average Bonchev–Trinajstić information content (AvgIpc) is 4.03. The van der Waals surface area contributed by atoms with Crippen molar-refractivity contribution in [2.45, 2.75) is 19.3 Å². The van der Waals surface area contributed by atoms with Gasteiger partial charge in [0.25, 0.3) is 0 Å². The van der Waals surface area contributed by atoms with E-state index in [0.717, 1.165) is 78.8 Å². The van der Waals surface area contributed by atoms with E-state index in [0.29, 0.717) is 0 Å². The lowest BCUT2D eigenvalue weighted by atomic mass is 9.85. The lowest BCUT2D eigenvalue weighted by Crippen LogP contribution is -2.09. The van der Waals surface area contributed by atoms with Crippen LogP contribution in [-0.2, 0) is 0 Å². The van der Waals surface area contributed by atoms with Crippen LogP contribution in [0.4, 0.5) is 0 Å². The van der Waals surface area contributed by atoms with E-state index in [1.807, 2.05) is 24.3 Å². The first kappa shape index (κ1) is 37.4. The van der Waals surface area contributed by atoms with Crippen LogP contribution in [0, 0.1) is 0 Å². The van der Waals surface area contributed by atoms with Crippen LogP contribution in [0.15, 0.2) is 205 Å². The second-order valence-electron chi connectivity index (χ2n) is 18.6. The summed E-state index contributed by atoms with van der Waals surface area (Å²) < 4.78 is 11.3. The van der Waals surface area contributed by atoms with Gasteiger partial charge in [-0.15, -0.1) is 0 Å². The quantitative estimate of drug-likeness (QED) is 0.177. The molecular formula is C63H40N4O. The zero-order valence-corrected chi connectivity index (χ0v) is 37.1. The van der Waals surface area contributed by atoms with Crippen LogP contribution in [0.2, 0.25) is 0 Å². The summed E-state index contributed by atoms with van der Waals surface area (Å²) in [5.74, 6) is 0.278. The standard InChI is InChI=1S/C63H40N4O/c1-37-13-12-18-42-29-44(63-62(64-52-21-8-9-22-53(52)65-63)43-25-28-60-51(32-43)48-20-7-11-24-59(48)68-60)35-58(61(37)42)67-56-34-41-17-5-3-15-39(41)31-50(56)47-27-26-45(36-57(47)67)66-54-23-10-6-19-46(54)49-30-38-14-2-4-16-40(38)33-55(49)66/h2-12,14-37H,13H2,1H3. The smallest absolute Gasteiger partial charge is 0.135 e. The molecule has 10 aromatic carbocycles. The van der Waals surface area contributed by atoms with Gasteiger partial charge >= 0.3 is 0 Å². The third-order valence-electron chi connectivity index (χ3n) is 14.6. The molecule has 0 bridgehead atoms. The van der Waals surface area contributed by atoms with E-state index in [9.17, 15) is 0 Å². The second-order valence-corrected chi connectivity index (χ2v) is 18.6. The SMILES string of the molecule is CC1CC=Cc2cc(-c3nc4ccccc4nc3-c3ccc4oc5ccccc5c4c3)cc(-n3c4cc(-n5c6ccccc6c6cc7ccccc7cc65)ccc4c4cc5ccccc5cc43)c21. The van der Waals surface area contributed by atoms with Gasteiger partial charge in [0, 0.05) is 49.1 Å². The average molecular weight is 869 g/mol. The molecule has 0 saturated carbocycles. The third kappa shape index (κ3) is 5.44.